The summed E-state index contributed by atoms with van der Waals surface area (Å²) in [4.78, 5) is 36.4. The summed E-state index contributed by atoms with van der Waals surface area (Å²) < 4.78 is 0.616. The summed E-state index contributed by atoms with van der Waals surface area (Å²) in [6, 6.07) is 5.88. The number of rotatable bonds is 3. The normalized spacial score (nSPS) is 18.6. The molecule has 0 spiro atoms. The van der Waals surface area contributed by atoms with E-state index >= 15 is 0 Å². The Morgan fingerprint density at radius 2 is 2.10 bits per heavy atom. The molecule has 1 aliphatic heterocycles. The van der Waals surface area contributed by atoms with E-state index in [4.69, 9.17) is 5.11 Å². The minimum absolute atomic E-state index is 0.295. The molecule has 1 unspecified atom stereocenters. The number of carbonyl (C=O) groups is 3. The van der Waals surface area contributed by atoms with Crippen LogP contribution in [0.25, 0.3) is 0 Å². The number of nitrogens with zero attached hydrogens (tertiary/aromatic N) is 1. The fourth-order valence-electron chi connectivity index (χ4n) is 2.12. The van der Waals surface area contributed by atoms with Crippen molar-refractivity contribution in [3.63, 3.8) is 0 Å². The van der Waals surface area contributed by atoms with Gasteiger partial charge in [-0.1, -0.05) is 12.1 Å². The average molecular weight is 341 g/mol. The zero-order valence-corrected chi connectivity index (χ0v) is 12.1. The molecule has 7 heteroatoms. The highest BCUT2D eigenvalue weighted by molar-refractivity contribution is 9.10. The van der Waals surface area contributed by atoms with Crippen LogP contribution in [0.1, 0.15) is 16.8 Å². The third-order valence-electron chi connectivity index (χ3n) is 3.06. The molecule has 20 heavy (non-hydrogen) atoms. The zero-order valence-electron chi connectivity index (χ0n) is 10.5. The maximum Gasteiger partial charge on any atom is 0.305 e. The van der Waals surface area contributed by atoms with Crippen molar-refractivity contribution in [2.75, 3.05) is 13.1 Å². The van der Waals surface area contributed by atoms with Crippen LogP contribution in [0.4, 0.5) is 0 Å². The monoisotopic (exact) mass is 340 g/mol. The molecule has 6 nitrogen and oxygen atoms in total. The Hall–Kier alpha value is -1.89. The van der Waals surface area contributed by atoms with Gasteiger partial charge in [0.15, 0.2) is 0 Å². The molecule has 1 aromatic carbocycles. The van der Waals surface area contributed by atoms with Gasteiger partial charge in [0.25, 0.3) is 5.91 Å². The number of halogens is 1. The SMILES string of the molecule is O=C(O)CC1C(=O)NCCN1C(=O)c1ccccc1Br. The van der Waals surface area contributed by atoms with Crippen LogP contribution in [0.5, 0.6) is 0 Å². The summed E-state index contributed by atoms with van der Waals surface area (Å²) in [5, 5.41) is 11.5. The highest BCUT2D eigenvalue weighted by Crippen LogP contribution is 2.20. The lowest BCUT2D eigenvalue weighted by atomic mass is 10.1. The third kappa shape index (κ3) is 2.98. The number of hydrogen-bond acceptors (Lipinski definition) is 3. The van der Waals surface area contributed by atoms with Gasteiger partial charge in [0.1, 0.15) is 6.04 Å². The van der Waals surface area contributed by atoms with E-state index in [-0.39, 0.29) is 5.91 Å². The van der Waals surface area contributed by atoms with Gasteiger partial charge in [-0.25, -0.2) is 0 Å². The van der Waals surface area contributed by atoms with Crippen molar-refractivity contribution in [2.45, 2.75) is 12.5 Å². The number of hydrogen-bond donors (Lipinski definition) is 2. The molecule has 0 saturated carbocycles. The molecule has 2 rings (SSSR count). The van der Waals surface area contributed by atoms with Crippen LogP contribution in [0.15, 0.2) is 28.7 Å². The average Bonchev–Trinajstić information content (AvgIpc) is 2.40. The maximum atomic E-state index is 12.5. The van der Waals surface area contributed by atoms with E-state index in [1.54, 1.807) is 24.3 Å². The fraction of sp³-hybridized carbons (Fsp3) is 0.308. The molecule has 1 saturated heterocycles. The van der Waals surface area contributed by atoms with Crippen molar-refractivity contribution in [3.8, 4) is 0 Å². The number of amides is 2. The first kappa shape index (κ1) is 14.5. The number of benzene rings is 1. The van der Waals surface area contributed by atoms with Crippen molar-refractivity contribution >= 4 is 33.7 Å². The van der Waals surface area contributed by atoms with Crippen LogP contribution < -0.4 is 5.32 Å². The summed E-state index contributed by atoms with van der Waals surface area (Å²) >= 11 is 3.29. The number of nitrogens with one attached hydrogen (secondary N) is 1. The molecule has 0 bridgehead atoms. The van der Waals surface area contributed by atoms with Gasteiger partial charge >= 0.3 is 5.97 Å². The highest BCUT2D eigenvalue weighted by atomic mass is 79.9. The van der Waals surface area contributed by atoms with Crippen LogP contribution in [-0.4, -0.2) is 46.9 Å². The van der Waals surface area contributed by atoms with Crippen LogP contribution in [-0.2, 0) is 9.59 Å². The molecule has 0 radical (unpaired) electrons. The number of carboxylic acid groups (broad SMARTS) is 1. The van der Waals surface area contributed by atoms with Gasteiger partial charge in [-0.15, -0.1) is 0 Å². The molecule has 2 N–H and O–H groups in total. The lowest BCUT2D eigenvalue weighted by Crippen LogP contribution is -2.57. The Morgan fingerprint density at radius 3 is 2.75 bits per heavy atom. The summed E-state index contributed by atoms with van der Waals surface area (Å²) in [5.41, 5.74) is 0.414. The second-order valence-corrected chi connectivity index (χ2v) is 5.24. The summed E-state index contributed by atoms with van der Waals surface area (Å²) in [6.07, 6.45) is -0.401. The Morgan fingerprint density at radius 1 is 1.40 bits per heavy atom. The summed E-state index contributed by atoms with van der Waals surface area (Å²) in [6.45, 7) is 0.620. The standard InChI is InChI=1S/C13H13BrN2O4/c14-9-4-2-1-3-8(9)13(20)16-6-5-15-12(19)10(16)7-11(17)18/h1-4,10H,5-7H2,(H,15,19)(H,17,18). The van der Waals surface area contributed by atoms with Gasteiger partial charge in [0.2, 0.25) is 5.91 Å². The first-order valence-corrected chi connectivity index (χ1v) is 6.85. The van der Waals surface area contributed by atoms with E-state index < -0.39 is 24.3 Å². The van der Waals surface area contributed by atoms with E-state index in [0.29, 0.717) is 23.1 Å². The molecule has 0 aliphatic carbocycles. The van der Waals surface area contributed by atoms with E-state index in [1.165, 1.54) is 4.90 Å². The Bertz CT molecular complexity index is 561. The molecule has 106 valence electrons. The molecular weight excluding hydrogens is 328 g/mol. The zero-order chi connectivity index (χ0) is 14.7. The van der Waals surface area contributed by atoms with Crippen molar-refractivity contribution in [3.05, 3.63) is 34.3 Å². The first-order chi connectivity index (χ1) is 9.50. The van der Waals surface area contributed by atoms with Crippen LogP contribution >= 0.6 is 15.9 Å². The molecule has 1 fully saturated rings. The van der Waals surface area contributed by atoms with Crippen molar-refractivity contribution < 1.29 is 19.5 Å². The number of carbonyl (C=O) groups excluding carboxylic acids is 2. The smallest absolute Gasteiger partial charge is 0.305 e. The highest BCUT2D eigenvalue weighted by Gasteiger charge is 2.35. The summed E-state index contributed by atoms with van der Waals surface area (Å²) in [7, 11) is 0. The lowest BCUT2D eigenvalue weighted by Gasteiger charge is -2.34. The largest absolute Gasteiger partial charge is 0.481 e. The Balaban J connectivity index is 2.28. The molecule has 2 amide bonds. The quantitative estimate of drug-likeness (QED) is 0.854. The second-order valence-electron chi connectivity index (χ2n) is 4.38. The van der Waals surface area contributed by atoms with Gasteiger partial charge in [0, 0.05) is 17.6 Å². The Kier molecular flexibility index (Phi) is 4.39. The van der Waals surface area contributed by atoms with Crippen molar-refractivity contribution in [1.82, 2.24) is 10.2 Å². The van der Waals surface area contributed by atoms with E-state index in [9.17, 15) is 14.4 Å². The van der Waals surface area contributed by atoms with Gasteiger partial charge < -0.3 is 15.3 Å². The number of piperazine rings is 1. The first-order valence-electron chi connectivity index (χ1n) is 6.05. The molecule has 1 atom stereocenters. The van der Waals surface area contributed by atoms with Crippen LogP contribution in [0, 0.1) is 0 Å². The van der Waals surface area contributed by atoms with Crippen molar-refractivity contribution in [2.24, 2.45) is 0 Å². The van der Waals surface area contributed by atoms with Crippen LogP contribution in [0.3, 0.4) is 0 Å². The second kappa shape index (κ2) is 6.04. The molecular formula is C13H13BrN2O4. The molecule has 1 heterocycles. The molecule has 1 aliphatic rings. The number of aliphatic carboxylic acids is 1. The van der Waals surface area contributed by atoms with E-state index in [0.717, 1.165) is 0 Å². The van der Waals surface area contributed by atoms with E-state index in [2.05, 4.69) is 21.2 Å². The van der Waals surface area contributed by atoms with Crippen molar-refractivity contribution in [1.29, 1.82) is 0 Å². The van der Waals surface area contributed by atoms with Gasteiger partial charge in [-0.3, -0.25) is 14.4 Å². The van der Waals surface area contributed by atoms with Gasteiger partial charge in [-0.05, 0) is 28.1 Å². The van der Waals surface area contributed by atoms with Crippen LogP contribution in [0.2, 0.25) is 0 Å². The predicted molar refractivity (Wildman–Crippen MR) is 74.2 cm³/mol. The lowest BCUT2D eigenvalue weighted by molar-refractivity contribution is -0.142. The minimum atomic E-state index is -1.11. The summed E-state index contributed by atoms with van der Waals surface area (Å²) in [5.74, 6) is -1.89. The molecule has 1 aromatic rings. The number of carboxylic acids is 1. The van der Waals surface area contributed by atoms with Gasteiger partial charge in [0.05, 0.1) is 12.0 Å². The predicted octanol–water partition coefficient (Wildman–Crippen LogP) is 0.864. The topological polar surface area (TPSA) is 86.7 Å². The fourth-order valence-corrected chi connectivity index (χ4v) is 2.57. The van der Waals surface area contributed by atoms with Gasteiger partial charge in [-0.2, -0.15) is 0 Å². The third-order valence-corrected chi connectivity index (χ3v) is 3.76. The van der Waals surface area contributed by atoms with E-state index in [1.807, 2.05) is 0 Å². The maximum absolute atomic E-state index is 12.5. The molecule has 0 aromatic heterocycles. The Labute approximate surface area is 123 Å². The minimum Gasteiger partial charge on any atom is -0.481 e.